The van der Waals surface area contributed by atoms with Gasteiger partial charge in [-0.25, -0.2) is 0 Å². The molecule has 1 atom stereocenters. The van der Waals surface area contributed by atoms with Crippen molar-refractivity contribution in [2.45, 2.75) is 71.6 Å². The number of carbonyl (C=O) groups is 1. The van der Waals surface area contributed by atoms with E-state index in [-0.39, 0.29) is 18.6 Å². The van der Waals surface area contributed by atoms with Gasteiger partial charge in [0.15, 0.2) is 0 Å². The zero-order valence-electron chi connectivity index (χ0n) is 29.8. The molecule has 0 saturated carbocycles. The second kappa shape index (κ2) is 17.6. The SMILES string of the molecule is CC(C)CCOc1ccc2ccccc2c1-c1c(OCc2cn(C[C@@H](CCCCN)NC(=O)CCc3ccccc3)nn2)ccc2ccccc12. The number of hydrogen-bond donors (Lipinski definition) is 2. The van der Waals surface area contributed by atoms with Gasteiger partial charge in [0.1, 0.15) is 23.8 Å². The van der Waals surface area contributed by atoms with E-state index >= 15 is 0 Å². The highest BCUT2D eigenvalue weighted by atomic mass is 16.5. The van der Waals surface area contributed by atoms with Gasteiger partial charge in [-0.05, 0) is 77.4 Å². The van der Waals surface area contributed by atoms with Gasteiger partial charge in [0.2, 0.25) is 5.91 Å². The molecule has 3 N–H and O–H groups in total. The Hall–Kier alpha value is -5.21. The van der Waals surface area contributed by atoms with E-state index in [0.29, 0.717) is 44.1 Å². The lowest BCUT2D eigenvalue weighted by Crippen LogP contribution is -2.38. The Morgan fingerprint density at radius 3 is 2.10 bits per heavy atom. The number of benzene rings is 5. The first kappa shape index (κ1) is 35.6. The van der Waals surface area contributed by atoms with Crippen molar-refractivity contribution in [3.05, 3.63) is 121 Å². The minimum absolute atomic E-state index is 0.0325. The van der Waals surface area contributed by atoms with E-state index in [0.717, 1.165) is 75.4 Å². The monoisotopic (exact) mass is 683 g/mol. The van der Waals surface area contributed by atoms with Crippen molar-refractivity contribution in [1.29, 1.82) is 0 Å². The fourth-order valence-electron chi connectivity index (χ4n) is 6.48. The molecule has 0 aliphatic rings. The molecular weight excluding hydrogens is 635 g/mol. The Bertz CT molecular complexity index is 2020. The third kappa shape index (κ3) is 9.52. The molecule has 0 bridgehead atoms. The van der Waals surface area contributed by atoms with Gasteiger partial charge in [-0.15, -0.1) is 5.10 Å². The maximum absolute atomic E-state index is 12.9. The van der Waals surface area contributed by atoms with E-state index in [2.05, 4.69) is 108 Å². The molecule has 0 unspecified atom stereocenters. The summed E-state index contributed by atoms with van der Waals surface area (Å²) in [6.07, 6.45) is 6.65. The lowest BCUT2D eigenvalue weighted by atomic mass is 9.92. The number of nitrogens with one attached hydrogen (secondary N) is 1. The van der Waals surface area contributed by atoms with Crippen molar-refractivity contribution in [3.63, 3.8) is 0 Å². The van der Waals surface area contributed by atoms with Crippen LogP contribution in [0.5, 0.6) is 11.5 Å². The van der Waals surface area contributed by atoms with E-state index in [1.54, 1.807) is 4.68 Å². The minimum Gasteiger partial charge on any atom is -0.493 e. The molecule has 0 fully saturated rings. The number of amides is 1. The van der Waals surface area contributed by atoms with Gasteiger partial charge >= 0.3 is 0 Å². The summed E-state index contributed by atoms with van der Waals surface area (Å²) in [5, 5.41) is 16.6. The predicted molar refractivity (Wildman–Crippen MR) is 206 cm³/mol. The van der Waals surface area contributed by atoms with E-state index in [4.69, 9.17) is 15.2 Å². The molecule has 51 heavy (non-hydrogen) atoms. The summed E-state index contributed by atoms with van der Waals surface area (Å²) in [5.41, 5.74) is 9.65. The summed E-state index contributed by atoms with van der Waals surface area (Å²) >= 11 is 0. The van der Waals surface area contributed by atoms with Gasteiger partial charge < -0.3 is 20.5 Å². The predicted octanol–water partition coefficient (Wildman–Crippen LogP) is 8.50. The summed E-state index contributed by atoms with van der Waals surface area (Å²) in [6, 6.07) is 35.2. The maximum atomic E-state index is 12.9. The van der Waals surface area contributed by atoms with Crippen LogP contribution in [0.2, 0.25) is 0 Å². The van der Waals surface area contributed by atoms with E-state index < -0.39 is 0 Å². The van der Waals surface area contributed by atoms with Gasteiger partial charge in [0, 0.05) is 23.6 Å². The Morgan fingerprint density at radius 2 is 1.43 bits per heavy atom. The molecule has 5 aromatic carbocycles. The highest BCUT2D eigenvalue weighted by molar-refractivity contribution is 6.09. The molecule has 8 nitrogen and oxygen atoms in total. The number of aromatic nitrogens is 3. The van der Waals surface area contributed by atoms with Gasteiger partial charge in [-0.2, -0.15) is 0 Å². The van der Waals surface area contributed by atoms with Crippen molar-refractivity contribution in [3.8, 4) is 22.6 Å². The van der Waals surface area contributed by atoms with Gasteiger partial charge in [0.25, 0.3) is 0 Å². The number of nitrogens with two attached hydrogens (primary N) is 1. The van der Waals surface area contributed by atoms with Crippen LogP contribution in [0.3, 0.4) is 0 Å². The van der Waals surface area contributed by atoms with Crippen molar-refractivity contribution in [2.24, 2.45) is 11.7 Å². The number of hydrogen-bond acceptors (Lipinski definition) is 6. The first-order valence-electron chi connectivity index (χ1n) is 18.2. The number of ether oxygens (including phenoxy) is 2. The molecule has 8 heteroatoms. The highest BCUT2D eigenvalue weighted by Crippen LogP contribution is 2.45. The number of nitrogens with zero attached hydrogens (tertiary/aromatic N) is 3. The zero-order valence-corrected chi connectivity index (χ0v) is 29.8. The van der Waals surface area contributed by atoms with Crippen LogP contribution in [0.15, 0.2) is 109 Å². The van der Waals surface area contributed by atoms with Gasteiger partial charge in [-0.3, -0.25) is 9.48 Å². The molecule has 0 radical (unpaired) electrons. The minimum atomic E-state index is -0.0807. The Kier molecular flexibility index (Phi) is 12.3. The van der Waals surface area contributed by atoms with Gasteiger partial charge in [-0.1, -0.05) is 116 Å². The second-order valence-corrected chi connectivity index (χ2v) is 13.6. The highest BCUT2D eigenvalue weighted by Gasteiger charge is 2.20. The van der Waals surface area contributed by atoms with E-state index in [9.17, 15) is 4.79 Å². The third-order valence-corrected chi connectivity index (χ3v) is 9.21. The molecule has 6 rings (SSSR count). The van der Waals surface area contributed by atoms with E-state index in [1.165, 1.54) is 0 Å². The number of fused-ring (bicyclic) bond motifs is 2. The van der Waals surface area contributed by atoms with Crippen molar-refractivity contribution >= 4 is 27.5 Å². The molecule has 0 aliphatic carbocycles. The van der Waals surface area contributed by atoms with Crippen molar-refractivity contribution < 1.29 is 14.3 Å². The molecule has 0 spiro atoms. The summed E-state index contributed by atoms with van der Waals surface area (Å²) in [7, 11) is 0. The normalized spacial score (nSPS) is 12.0. The van der Waals surface area contributed by atoms with Crippen LogP contribution in [-0.4, -0.2) is 40.1 Å². The molecule has 6 aromatic rings. The standard InChI is InChI=1S/C43H49N5O3/c1-31(2)25-27-50-39-22-20-33-14-6-8-17-37(33)42(39)43-38-18-9-7-15-34(38)21-23-40(43)51-30-36-29-48(47-46-36)28-35(16-10-11-26-44)45-41(49)24-19-32-12-4-3-5-13-32/h3-9,12-15,17-18,20-23,29,31,35H,10-11,16,19,24-28,30,44H2,1-2H3,(H,45,49)/t35-/m1/s1. The summed E-state index contributed by atoms with van der Waals surface area (Å²) in [4.78, 5) is 12.9. The topological polar surface area (TPSA) is 104 Å². The number of unbranched alkanes of at least 4 members (excludes halogenated alkanes) is 1. The quantitative estimate of drug-likeness (QED) is 0.0881. The Morgan fingerprint density at radius 1 is 0.784 bits per heavy atom. The fourth-order valence-corrected chi connectivity index (χ4v) is 6.48. The van der Waals surface area contributed by atoms with Crippen LogP contribution in [0.25, 0.3) is 32.7 Å². The first-order valence-corrected chi connectivity index (χ1v) is 18.2. The maximum Gasteiger partial charge on any atom is 0.220 e. The lowest BCUT2D eigenvalue weighted by molar-refractivity contribution is -0.121. The first-order chi connectivity index (χ1) is 25.0. The molecular formula is C43H49N5O3. The molecule has 0 saturated heterocycles. The molecule has 1 aromatic heterocycles. The van der Waals surface area contributed by atoms with Crippen LogP contribution in [0.4, 0.5) is 0 Å². The number of carbonyl (C=O) groups excluding carboxylic acids is 1. The average molecular weight is 684 g/mol. The number of aryl methyl sites for hydroxylation is 1. The Labute approximate surface area is 301 Å². The average Bonchev–Trinajstić information content (AvgIpc) is 3.60. The zero-order chi connectivity index (χ0) is 35.4. The van der Waals surface area contributed by atoms with Gasteiger partial charge in [0.05, 0.1) is 19.3 Å². The fraction of sp³-hybridized carbons (Fsp3) is 0.326. The largest absolute Gasteiger partial charge is 0.493 e. The van der Waals surface area contributed by atoms with Crippen LogP contribution in [0, 0.1) is 5.92 Å². The van der Waals surface area contributed by atoms with Crippen molar-refractivity contribution in [1.82, 2.24) is 20.3 Å². The van der Waals surface area contributed by atoms with Crippen LogP contribution in [0.1, 0.15) is 57.2 Å². The number of rotatable bonds is 18. The summed E-state index contributed by atoms with van der Waals surface area (Å²) in [5.74, 6) is 2.16. The molecule has 1 amide bonds. The van der Waals surface area contributed by atoms with Crippen LogP contribution in [-0.2, 0) is 24.4 Å². The molecule has 264 valence electrons. The van der Waals surface area contributed by atoms with Crippen LogP contribution < -0.4 is 20.5 Å². The second-order valence-electron chi connectivity index (χ2n) is 13.6. The van der Waals surface area contributed by atoms with Crippen molar-refractivity contribution in [2.75, 3.05) is 13.2 Å². The summed E-state index contributed by atoms with van der Waals surface area (Å²) < 4.78 is 14.9. The van der Waals surface area contributed by atoms with E-state index in [1.807, 2.05) is 30.5 Å². The van der Waals surface area contributed by atoms with Crippen LogP contribution >= 0.6 is 0 Å². The smallest absolute Gasteiger partial charge is 0.220 e. The molecule has 0 aliphatic heterocycles. The Balaban J connectivity index is 1.22. The molecule has 1 heterocycles. The lowest BCUT2D eigenvalue weighted by Gasteiger charge is -2.20. The third-order valence-electron chi connectivity index (χ3n) is 9.21. The summed E-state index contributed by atoms with van der Waals surface area (Å²) in [6.45, 7) is 6.43.